The van der Waals surface area contributed by atoms with Gasteiger partial charge in [0.2, 0.25) is 0 Å². The summed E-state index contributed by atoms with van der Waals surface area (Å²) in [6, 6.07) is 9.58. The first-order valence-electron chi connectivity index (χ1n) is 5.71. The zero-order valence-corrected chi connectivity index (χ0v) is 12.6. The summed E-state index contributed by atoms with van der Waals surface area (Å²) in [5.41, 5.74) is 2.23. The molecule has 0 bridgehead atoms. The lowest BCUT2D eigenvalue weighted by Crippen LogP contribution is -2.05. The highest BCUT2D eigenvalue weighted by Gasteiger charge is 2.14. The van der Waals surface area contributed by atoms with Crippen LogP contribution >= 0.6 is 27.5 Å². The number of hydrogen-bond acceptors (Lipinski definition) is 1. The Morgan fingerprint density at radius 3 is 2.74 bits per heavy atom. The van der Waals surface area contributed by atoms with E-state index in [0.29, 0.717) is 11.1 Å². The van der Waals surface area contributed by atoms with Gasteiger partial charge in [-0.25, -0.2) is 4.39 Å². The van der Waals surface area contributed by atoms with Crippen LogP contribution in [0.15, 0.2) is 40.9 Å². The van der Waals surface area contributed by atoms with E-state index >= 15 is 0 Å². The lowest BCUT2D eigenvalue weighted by molar-refractivity contribution is 0.0992. The van der Waals surface area contributed by atoms with Gasteiger partial charge >= 0.3 is 0 Å². The molecular weight excluding hydrogens is 331 g/mol. The average molecular weight is 342 g/mol. The largest absolute Gasteiger partial charge is 0.294 e. The van der Waals surface area contributed by atoms with Crippen LogP contribution < -0.4 is 0 Å². The number of Topliss-reactive ketones (excluding diaryl/α,β-unsaturated/α-hetero) is 1. The predicted octanol–water partition coefficient (Wildman–Crippen LogP) is 4.98. The maximum absolute atomic E-state index is 12.9. The molecule has 4 heteroatoms. The van der Waals surface area contributed by atoms with E-state index in [1.807, 2.05) is 19.1 Å². The lowest BCUT2D eigenvalue weighted by Gasteiger charge is -2.07. The molecule has 0 aliphatic rings. The third kappa shape index (κ3) is 3.23. The van der Waals surface area contributed by atoms with Crippen molar-refractivity contribution in [3.05, 3.63) is 68.4 Å². The molecule has 2 aromatic carbocycles. The van der Waals surface area contributed by atoms with Crippen LogP contribution in [0.25, 0.3) is 0 Å². The van der Waals surface area contributed by atoms with Gasteiger partial charge in [-0.2, -0.15) is 0 Å². The number of benzene rings is 2. The fraction of sp³-hybridized carbons (Fsp3) is 0.133. The Morgan fingerprint density at radius 1 is 1.32 bits per heavy atom. The summed E-state index contributed by atoms with van der Waals surface area (Å²) in [6.07, 6.45) is 0.154. The van der Waals surface area contributed by atoms with Crippen LogP contribution in [0.3, 0.4) is 0 Å². The van der Waals surface area contributed by atoms with Gasteiger partial charge in [0, 0.05) is 21.5 Å². The average Bonchev–Trinajstić information content (AvgIpc) is 2.36. The summed E-state index contributed by atoms with van der Waals surface area (Å²) in [4.78, 5) is 12.2. The Morgan fingerprint density at radius 2 is 2.05 bits per heavy atom. The standard InChI is InChI=1S/C15H11BrClFO/c1-9-3-2-4-12(15(9)16)14(19)7-10-5-6-11(18)8-13(10)17/h2-6,8H,7H2,1H3. The molecule has 2 aromatic rings. The van der Waals surface area contributed by atoms with Crippen molar-refractivity contribution < 1.29 is 9.18 Å². The van der Waals surface area contributed by atoms with Crippen molar-refractivity contribution in [1.82, 2.24) is 0 Å². The molecule has 0 saturated carbocycles. The first-order valence-corrected chi connectivity index (χ1v) is 6.88. The Labute approximate surface area is 124 Å². The molecule has 0 N–H and O–H groups in total. The highest BCUT2D eigenvalue weighted by molar-refractivity contribution is 9.10. The van der Waals surface area contributed by atoms with Crippen LogP contribution in [-0.2, 0) is 6.42 Å². The smallest absolute Gasteiger partial charge is 0.168 e. The monoisotopic (exact) mass is 340 g/mol. The van der Waals surface area contributed by atoms with Gasteiger partial charge in [-0.05, 0) is 46.1 Å². The molecule has 0 spiro atoms. The summed E-state index contributed by atoms with van der Waals surface area (Å²) in [6.45, 7) is 1.92. The highest BCUT2D eigenvalue weighted by atomic mass is 79.9. The molecule has 0 aliphatic carbocycles. The summed E-state index contributed by atoms with van der Waals surface area (Å²) in [7, 11) is 0. The summed E-state index contributed by atoms with van der Waals surface area (Å²) in [5.74, 6) is -0.456. The molecule has 0 atom stereocenters. The molecule has 0 saturated heterocycles. The minimum absolute atomic E-state index is 0.0518. The molecular formula is C15H11BrClFO. The van der Waals surface area contributed by atoms with E-state index in [-0.39, 0.29) is 17.2 Å². The number of carbonyl (C=O) groups excluding carboxylic acids is 1. The van der Waals surface area contributed by atoms with Crippen molar-refractivity contribution >= 4 is 33.3 Å². The Balaban J connectivity index is 2.28. The summed E-state index contributed by atoms with van der Waals surface area (Å²) in [5, 5.41) is 0.275. The minimum Gasteiger partial charge on any atom is -0.294 e. The molecule has 0 radical (unpaired) electrons. The topological polar surface area (TPSA) is 17.1 Å². The van der Waals surface area contributed by atoms with Gasteiger partial charge < -0.3 is 0 Å². The SMILES string of the molecule is Cc1cccc(C(=O)Cc2ccc(F)cc2Cl)c1Br. The van der Waals surface area contributed by atoms with Gasteiger partial charge in [0.15, 0.2) is 5.78 Å². The van der Waals surface area contributed by atoms with E-state index < -0.39 is 5.82 Å². The molecule has 0 unspecified atom stereocenters. The third-order valence-electron chi connectivity index (χ3n) is 2.86. The van der Waals surface area contributed by atoms with Gasteiger partial charge in [0.1, 0.15) is 5.82 Å². The van der Waals surface area contributed by atoms with Gasteiger partial charge in [-0.3, -0.25) is 4.79 Å². The summed E-state index contributed by atoms with van der Waals surface area (Å²) >= 11 is 9.34. The molecule has 2 rings (SSSR count). The number of aryl methyl sites for hydroxylation is 1. The first-order chi connectivity index (χ1) is 8.99. The van der Waals surface area contributed by atoms with Crippen molar-refractivity contribution in [1.29, 1.82) is 0 Å². The van der Waals surface area contributed by atoms with Gasteiger partial charge in [-0.1, -0.05) is 35.9 Å². The normalized spacial score (nSPS) is 10.5. The molecule has 0 heterocycles. The number of ketones is 1. The van der Waals surface area contributed by atoms with E-state index in [9.17, 15) is 9.18 Å². The zero-order chi connectivity index (χ0) is 14.0. The van der Waals surface area contributed by atoms with Crippen molar-refractivity contribution in [3.8, 4) is 0 Å². The van der Waals surface area contributed by atoms with E-state index in [1.54, 1.807) is 12.1 Å². The van der Waals surface area contributed by atoms with Gasteiger partial charge in [-0.15, -0.1) is 0 Å². The van der Waals surface area contributed by atoms with Crippen LogP contribution in [0.4, 0.5) is 4.39 Å². The van der Waals surface area contributed by atoms with Gasteiger partial charge in [0.25, 0.3) is 0 Å². The van der Waals surface area contributed by atoms with Crippen molar-refractivity contribution in [2.24, 2.45) is 0 Å². The van der Waals surface area contributed by atoms with Gasteiger partial charge in [0.05, 0.1) is 0 Å². The number of halogens is 3. The Bertz CT molecular complexity index is 640. The molecule has 0 aliphatic heterocycles. The molecule has 0 fully saturated rings. The van der Waals surface area contributed by atoms with Crippen molar-refractivity contribution in [3.63, 3.8) is 0 Å². The zero-order valence-electron chi connectivity index (χ0n) is 10.2. The van der Waals surface area contributed by atoms with E-state index in [0.717, 1.165) is 10.0 Å². The fourth-order valence-electron chi connectivity index (χ4n) is 1.80. The first kappa shape index (κ1) is 14.2. The lowest BCUT2D eigenvalue weighted by atomic mass is 10.0. The number of rotatable bonds is 3. The van der Waals surface area contributed by atoms with E-state index in [2.05, 4.69) is 15.9 Å². The van der Waals surface area contributed by atoms with Crippen molar-refractivity contribution in [2.75, 3.05) is 0 Å². The molecule has 19 heavy (non-hydrogen) atoms. The fourth-order valence-corrected chi connectivity index (χ4v) is 2.52. The van der Waals surface area contributed by atoms with E-state index in [1.165, 1.54) is 12.1 Å². The second-order valence-electron chi connectivity index (χ2n) is 4.27. The second kappa shape index (κ2) is 5.85. The molecule has 0 aromatic heterocycles. The van der Waals surface area contributed by atoms with Crippen LogP contribution in [0.5, 0.6) is 0 Å². The minimum atomic E-state index is -0.405. The Kier molecular flexibility index (Phi) is 4.38. The summed E-state index contributed by atoms with van der Waals surface area (Å²) < 4.78 is 13.7. The second-order valence-corrected chi connectivity index (χ2v) is 5.47. The Hall–Kier alpha value is -1.19. The molecule has 0 amide bonds. The van der Waals surface area contributed by atoms with Crippen LogP contribution in [0.2, 0.25) is 5.02 Å². The quantitative estimate of drug-likeness (QED) is 0.720. The van der Waals surface area contributed by atoms with E-state index in [4.69, 9.17) is 11.6 Å². The third-order valence-corrected chi connectivity index (χ3v) is 4.26. The van der Waals surface area contributed by atoms with Crippen LogP contribution in [0, 0.1) is 12.7 Å². The highest BCUT2D eigenvalue weighted by Crippen LogP contribution is 2.24. The maximum atomic E-state index is 12.9. The van der Waals surface area contributed by atoms with Crippen molar-refractivity contribution in [2.45, 2.75) is 13.3 Å². The predicted molar refractivity (Wildman–Crippen MR) is 78.3 cm³/mol. The van der Waals surface area contributed by atoms with Crippen LogP contribution in [-0.4, -0.2) is 5.78 Å². The molecule has 98 valence electrons. The molecule has 1 nitrogen and oxygen atoms in total. The number of carbonyl (C=O) groups is 1. The maximum Gasteiger partial charge on any atom is 0.168 e. The number of hydrogen-bond donors (Lipinski definition) is 0. The van der Waals surface area contributed by atoms with Crippen LogP contribution in [0.1, 0.15) is 21.5 Å².